The Morgan fingerprint density at radius 2 is 1.50 bits per heavy atom. The van der Waals surface area contributed by atoms with Gasteiger partial charge in [0.15, 0.2) is 0 Å². The van der Waals surface area contributed by atoms with Crippen molar-refractivity contribution in [3.8, 4) is 0 Å². The molecule has 0 aliphatic carbocycles. The highest BCUT2D eigenvalue weighted by Gasteiger charge is 2.22. The molecule has 72 valence electrons. The van der Waals surface area contributed by atoms with E-state index >= 15 is 0 Å². The van der Waals surface area contributed by atoms with E-state index in [1.54, 1.807) is 13.8 Å². The zero-order valence-corrected chi connectivity index (χ0v) is 8.73. The summed E-state index contributed by atoms with van der Waals surface area (Å²) < 4.78 is 0. The summed E-state index contributed by atoms with van der Waals surface area (Å²) in [6, 6.07) is 0. The van der Waals surface area contributed by atoms with Crippen molar-refractivity contribution in [3.63, 3.8) is 0 Å². The molecule has 0 unspecified atom stereocenters. The van der Waals surface area contributed by atoms with E-state index in [1.807, 2.05) is 0 Å². The highest BCUT2D eigenvalue weighted by atomic mass is 16.4. The van der Waals surface area contributed by atoms with Gasteiger partial charge in [0.05, 0.1) is 0 Å². The average molecular weight is 171 g/mol. The summed E-state index contributed by atoms with van der Waals surface area (Å²) in [5.74, 6) is -0.952. The summed E-state index contributed by atoms with van der Waals surface area (Å²) in [5.41, 5.74) is -0.486. The summed E-state index contributed by atoms with van der Waals surface area (Å²) in [5, 5.41) is 10.6. The van der Waals surface area contributed by atoms with E-state index in [2.05, 4.69) is 20.8 Å². The molecule has 0 saturated heterocycles. The molecule has 0 aliphatic heterocycles. The van der Waals surface area contributed by atoms with E-state index in [0.717, 1.165) is 6.42 Å². The third-order valence-corrected chi connectivity index (χ3v) is 2.05. The van der Waals surface area contributed by atoms with E-state index in [9.17, 15) is 9.90 Å². The highest BCUT2D eigenvalue weighted by molar-refractivity contribution is 5.71. The van der Waals surface area contributed by atoms with Crippen LogP contribution >= 0.6 is 0 Å². The molecule has 0 atom stereocenters. The van der Waals surface area contributed by atoms with Crippen LogP contribution in [-0.4, -0.2) is 5.97 Å². The van der Waals surface area contributed by atoms with Crippen LogP contribution in [0.5, 0.6) is 0 Å². The van der Waals surface area contributed by atoms with Crippen molar-refractivity contribution >= 4 is 5.97 Å². The third-order valence-electron chi connectivity index (χ3n) is 2.05. The second kappa shape index (κ2) is 3.46. The summed E-state index contributed by atoms with van der Waals surface area (Å²) in [7, 11) is 0. The lowest BCUT2D eigenvalue weighted by atomic mass is 9.80. The number of carboxylic acid groups (broad SMARTS) is 1. The first-order valence-electron chi connectivity index (χ1n) is 4.37. The summed E-state index contributed by atoms with van der Waals surface area (Å²) in [4.78, 5) is 10.6. The maximum Gasteiger partial charge on any atom is 0.0470 e. The Hall–Kier alpha value is -0.530. The number of hydrogen-bond donors (Lipinski definition) is 0. The molecule has 2 heteroatoms. The molecule has 0 heterocycles. The molecule has 0 aromatic rings. The fraction of sp³-hybridized carbons (Fsp3) is 0.900. The van der Waals surface area contributed by atoms with E-state index in [-0.39, 0.29) is 5.41 Å². The third kappa shape index (κ3) is 4.37. The van der Waals surface area contributed by atoms with Gasteiger partial charge in [-0.3, -0.25) is 0 Å². The molecule has 0 rings (SSSR count). The topological polar surface area (TPSA) is 40.1 Å². The second-order valence-electron chi connectivity index (χ2n) is 5.23. The van der Waals surface area contributed by atoms with Gasteiger partial charge in [-0.05, 0) is 18.3 Å². The lowest BCUT2D eigenvalue weighted by Crippen LogP contribution is -2.38. The molecule has 0 N–H and O–H groups in total. The standard InChI is InChI=1S/C10H20O2/c1-9(2,3)6-7-10(4,5)8(11)12/h6-7H2,1-5H3,(H,11,12)/p-1. The zero-order chi connectivity index (χ0) is 9.99. The van der Waals surface area contributed by atoms with Crippen LogP contribution in [-0.2, 0) is 4.79 Å². The zero-order valence-electron chi connectivity index (χ0n) is 8.73. The highest BCUT2D eigenvalue weighted by Crippen LogP contribution is 2.29. The average Bonchev–Trinajstić information content (AvgIpc) is 1.82. The fourth-order valence-electron chi connectivity index (χ4n) is 0.790. The van der Waals surface area contributed by atoms with Gasteiger partial charge in [0.2, 0.25) is 0 Å². The number of rotatable bonds is 3. The normalized spacial score (nSPS) is 13.1. The van der Waals surface area contributed by atoms with Gasteiger partial charge in [0.25, 0.3) is 0 Å². The minimum absolute atomic E-state index is 0.201. The molecule has 0 aromatic carbocycles. The van der Waals surface area contributed by atoms with Crippen molar-refractivity contribution in [2.45, 2.75) is 47.5 Å². The first-order valence-corrected chi connectivity index (χ1v) is 4.37. The first kappa shape index (κ1) is 11.5. The molecule has 2 nitrogen and oxygen atoms in total. The molecule has 0 amide bonds. The van der Waals surface area contributed by atoms with Crippen molar-refractivity contribution in [2.75, 3.05) is 0 Å². The van der Waals surface area contributed by atoms with Gasteiger partial charge < -0.3 is 9.90 Å². The molecule has 0 fully saturated rings. The Morgan fingerprint density at radius 3 is 1.75 bits per heavy atom. The molecule has 0 saturated carbocycles. The van der Waals surface area contributed by atoms with E-state index in [0.29, 0.717) is 6.42 Å². The second-order valence-corrected chi connectivity index (χ2v) is 5.23. The quantitative estimate of drug-likeness (QED) is 0.647. The van der Waals surface area contributed by atoms with Crippen LogP contribution in [0.2, 0.25) is 0 Å². The van der Waals surface area contributed by atoms with Gasteiger partial charge in [0.1, 0.15) is 0 Å². The smallest absolute Gasteiger partial charge is 0.0470 e. The molecular formula is C10H19O2-. The van der Waals surface area contributed by atoms with Crippen LogP contribution in [0, 0.1) is 10.8 Å². The maximum absolute atomic E-state index is 10.6. The SMILES string of the molecule is CC(C)(C)CCC(C)(C)C(=O)[O-]. The molecular weight excluding hydrogens is 152 g/mol. The van der Waals surface area contributed by atoms with Crippen molar-refractivity contribution < 1.29 is 9.90 Å². The van der Waals surface area contributed by atoms with Crippen LogP contribution in [0.4, 0.5) is 0 Å². The summed E-state index contributed by atoms with van der Waals surface area (Å²) in [6.45, 7) is 9.76. The Bertz CT molecular complexity index is 163. The molecule has 0 spiro atoms. The largest absolute Gasteiger partial charge is 0.550 e. The first-order chi connectivity index (χ1) is 5.15. The number of carbonyl (C=O) groups excluding carboxylic acids is 1. The van der Waals surface area contributed by atoms with E-state index in [4.69, 9.17) is 0 Å². The minimum atomic E-state index is -0.952. The molecule has 0 aromatic heterocycles. The van der Waals surface area contributed by atoms with Crippen LogP contribution in [0.3, 0.4) is 0 Å². The Labute approximate surface area is 75.0 Å². The van der Waals surface area contributed by atoms with Gasteiger partial charge in [-0.25, -0.2) is 0 Å². The minimum Gasteiger partial charge on any atom is -0.550 e. The van der Waals surface area contributed by atoms with Crippen molar-refractivity contribution in [1.29, 1.82) is 0 Å². The van der Waals surface area contributed by atoms with Crippen molar-refractivity contribution in [2.24, 2.45) is 10.8 Å². The number of carbonyl (C=O) groups is 1. The Balaban J connectivity index is 4.01. The maximum atomic E-state index is 10.6. The molecule has 0 bridgehead atoms. The van der Waals surface area contributed by atoms with Crippen LogP contribution in [0.1, 0.15) is 47.5 Å². The van der Waals surface area contributed by atoms with Crippen LogP contribution in [0.15, 0.2) is 0 Å². The van der Waals surface area contributed by atoms with Gasteiger partial charge in [-0.2, -0.15) is 0 Å². The Kier molecular flexibility index (Phi) is 3.31. The lowest BCUT2D eigenvalue weighted by molar-refractivity contribution is -0.318. The van der Waals surface area contributed by atoms with Crippen molar-refractivity contribution in [1.82, 2.24) is 0 Å². The molecule has 12 heavy (non-hydrogen) atoms. The lowest BCUT2D eigenvalue weighted by Gasteiger charge is -2.29. The fourth-order valence-corrected chi connectivity index (χ4v) is 0.790. The van der Waals surface area contributed by atoms with E-state index < -0.39 is 11.4 Å². The van der Waals surface area contributed by atoms with Crippen LogP contribution < -0.4 is 5.11 Å². The predicted molar refractivity (Wildman–Crippen MR) is 47.5 cm³/mol. The van der Waals surface area contributed by atoms with Gasteiger partial charge in [0, 0.05) is 11.4 Å². The van der Waals surface area contributed by atoms with Gasteiger partial charge >= 0.3 is 0 Å². The number of hydrogen-bond acceptors (Lipinski definition) is 2. The molecule has 0 aliphatic rings. The van der Waals surface area contributed by atoms with Crippen LogP contribution in [0.25, 0.3) is 0 Å². The Morgan fingerprint density at radius 1 is 1.08 bits per heavy atom. The predicted octanol–water partition coefficient (Wildman–Crippen LogP) is 1.59. The summed E-state index contributed by atoms with van der Waals surface area (Å²) in [6.07, 6.45) is 1.59. The van der Waals surface area contributed by atoms with Crippen molar-refractivity contribution in [3.05, 3.63) is 0 Å². The molecule has 0 radical (unpaired) electrons. The van der Waals surface area contributed by atoms with Gasteiger partial charge in [-0.1, -0.05) is 34.6 Å². The van der Waals surface area contributed by atoms with E-state index in [1.165, 1.54) is 0 Å². The number of aliphatic carboxylic acids is 1. The number of carboxylic acids is 1. The van der Waals surface area contributed by atoms with Gasteiger partial charge in [-0.15, -0.1) is 0 Å². The monoisotopic (exact) mass is 171 g/mol. The summed E-state index contributed by atoms with van der Waals surface area (Å²) >= 11 is 0.